The van der Waals surface area contributed by atoms with Gasteiger partial charge in [0.25, 0.3) is 5.91 Å². The Morgan fingerprint density at radius 3 is 2.32 bits per heavy atom. The standard InChI is InChI=1S/C24H26N2O5/c1-14-18-11-16(7-10-19(18)26-22(14)29)20(27)13-31-21(28)12-25-23(30)15-5-8-17(9-6-15)24(2,3)4/h5-11,14H,12-13H2,1-4H3,(H,25,30)(H,26,29)/t14-/m0/s1. The van der Waals surface area contributed by atoms with Crippen molar-refractivity contribution in [2.24, 2.45) is 0 Å². The lowest BCUT2D eigenvalue weighted by Gasteiger charge is -2.19. The number of esters is 1. The molecule has 1 aliphatic rings. The van der Waals surface area contributed by atoms with E-state index in [1.807, 2.05) is 12.1 Å². The van der Waals surface area contributed by atoms with Crippen molar-refractivity contribution in [3.05, 3.63) is 64.7 Å². The van der Waals surface area contributed by atoms with E-state index in [9.17, 15) is 19.2 Å². The van der Waals surface area contributed by atoms with E-state index in [1.54, 1.807) is 37.3 Å². The van der Waals surface area contributed by atoms with Crippen LogP contribution < -0.4 is 10.6 Å². The molecule has 7 heteroatoms. The van der Waals surface area contributed by atoms with Gasteiger partial charge in [0.1, 0.15) is 6.54 Å². The van der Waals surface area contributed by atoms with Crippen molar-refractivity contribution in [1.29, 1.82) is 0 Å². The summed E-state index contributed by atoms with van der Waals surface area (Å²) in [6.45, 7) is 7.22. The Morgan fingerprint density at radius 2 is 1.68 bits per heavy atom. The molecule has 2 aromatic carbocycles. The first-order chi connectivity index (χ1) is 14.6. The van der Waals surface area contributed by atoms with Crippen molar-refractivity contribution >= 4 is 29.3 Å². The van der Waals surface area contributed by atoms with Crippen LogP contribution in [0.1, 0.15) is 65.5 Å². The van der Waals surface area contributed by atoms with Gasteiger partial charge in [0.2, 0.25) is 5.91 Å². The molecule has 1 heterocycles. The highest BCUT2D eigenvalue weighted by atomic mass is 16.5. The monoisotopic (exact) mass is 422 g/mol. The number of rotatable bonds is 6. The summed E-state index contributed by atoms with van der Waals surface area (Å²) >= 11 is 0. The van der Waals surface area contributed by atoms with Crippen LogP contribution in [0.25, 0.3) is 0 Å². The highest BCUT2D eigenvalue weighted by molar-refractivity contribution is 6.05. The molecule has 0 spiro atoms. The van der Waals surface area contributed by atoms with Gasteiger partial charge in [-0.1, -0.05) is 32.9 Å². The van der Waals surface area contributed by atoms with Crippen LogP contribution in [0.15, 0.2) is 42.5 Å². The summed E-state index contributed by atoms with van der Waals surface area (Å²) in [5.74, 6) is -1.94. The largest absolute Gasteiger partial charge is 0.456 e. The average Bonchev–Trinajstić information content (AvgIpc) is 3.02. The highest BCUT2D eigenvalue weighted by Crippen LogP contribution is 2.32. The molecule has 2 aromatic rings. The first-order valence-electron chi connectivity index (χ1n) is 10.1. The fourth-order valence-electron chi connectivity index (χ4n) is 3.25. The van der Waals surface area contributed by atoms with E-state index in [0.717, 1.165) is 11.1 Å². The minimum atomic E-state index is -0.709. The van der Waals surface area contributed by atoms with Crippen LogP contribution in [0.4, 0.5) is 5.69 Å². The molecule has 0 aromatic heterocycles. The van der Waals surface area contributed by atoms with Crippen molar-refractivity contribution < 1.29 is 23.9 Å². The molecule has 7 nitrogen and oxygen atoms in total. The van der Waals surface area contributed by atoms with E-state index < -0.39 is 18.5 Å². The summed E-state index contributed by atoms with van der Waals surface area (Å²) in [5, 5.41) is 5.23. The predicted molar refractivity (Wildman–Crippen MR) is 116 cm³/mol. The zero-order chi connectivity index (χ0) is 22.8. The SMILES string of the molecule is C[C@@H]1C(=O)Nc2ccc(C(=O)COC(=O)CNC(=O)c3ccc(C(C)(C)C)cc3)cc21. The van der Waals surface area contributed by atoms with Crippen LogP contribution in [0.2, 0.25) is 0 Å². The molecule has 1 aliphatic heterocycles. The van der Waals surface area contributed by atoms with Gasteiger partial charge in [-0.2, -0.15) is 0 Å². The van der Waals surface area contributed by atoms with Crippen LogP contribution in [-0.2, 0) is 19.7 Å². The van der Waals surface area contributed by atoms with Gasteiger partial charge in [0, 0.05) is 16.8 Å². The molecule has 0 radical (unpaired) electrons. The second-order valence-electron chi connectivity index (χ2n) is 8.61. The van der Waals surface area contributed by atoms with Gasteiger partial charge in [-0.25, -0.2) is 0 Å². The third-order valence-electron chi connectivity index (χ3n) is 5.26. The third kappa shape index (κ3) is 5.17. The number of Topliss-reactive ketones (excluding diaryl/α,β-unsaturated/α-hetero) is 1. The van der Waals surface area contributed by atoms with Crippen molar-refractivity contribution in [1.82, 2.24) is 5.32 Å². The lowest BCUT2D eigenvalue weighted by molar-refractivity contribution is -0.141. The van der Waals surface area contributed by atoms with Crippen LogP contribution >= 0.6 is 0 Å². The summed E-state index contributed by atoms with van der Waals surface area (Å²) in [6.07, 6.45) is 0. The predicted octanol–water partition coefficient (Wildman–Crippen LogP) is 3.20. The van der Waals surface area contributed by atoms with Gasteiger partial charge in [-0.3, -0.25) is 19.2 Å². The molecule has 162 valence electrons. The Bertz CT molecular complexity index is 1030. The van der Waals surface area contributed by atoms with Gasteiger partial charge in [0.05, 0.1) is 5.92 Å². The molecule has 0 bridgehead atoms. The number of fused-ring (bicyclic) bond motifs is 1. The Hall–Kier alpha value is -3.48. The molecule has 1 atom stereocenters. The maximum Gasteiger partial charge on any atom is 0.325 e. The summed E-state index contributed by atoms with van der Waals surface area (Å²) in [7, 11) is 0. The second-order valence-corrected chi connectivity index (χ2v) is 8.61. The number of anilines is 1. The fraction of sp³-hybridized carbons (Fsp3) is 0.333. The Balaban J connectivity index is 1.49. The van der Waals surface area contributed by atoms with E-state index >= 15 is 0 Å². The number of carbonyl (C=O) groups excluding carboxylic acids is 4. The van der Waals surface area contributed by atoms with Crippen molar-refractivity contribution in [2.75, 3.05) is 18.5 Å². The topological polar surface area (TPSA) is 102 Å². The molecular formula is C24H26N2O5. The Labute approximate surface area is 181 Å². The first kappa shape index (κ1) is 22.2. The van der Waals surface area contributed by atoms with E-state index in [4.69, 9.17) is 4.74 Å². The summed E-state index contributed by atoms with van der Waals surface area (Å²) < 4.78 is 4.99. The summed E-state index contributed by atoms with van der Waals surface area (Å²) in [5.41, 5.74) is 3.30. The fourth-order valence-corrected chi connectivity index (χ4v) is 3.25. The molecule has 0 saturated carbocycles. The summed E-state index contributed by atoms with van der Waals surface area (Å²) in [6, 6.07) is 12.1. The maximum absolute atomic E-state index is 12.3. The van der Waals surface area contributed by atoms with Crippen LogP contribution in [0.3, 0.4) is 0 Å². The number of hydrogen-bond acceptors (Lipinski definition) is 5. The normalized spacial score (nSPS) is 15.1. The molecule has 2 amide bonds. The van der Waals surface area contributed by atoms with Crippen molar-refractivity contribution in [3.8, 4) is 0 Å². The van der Waals surface area contributed by atoms with Gasteiger partial charge in [0.15, 0.2) is 12.4 Å². The Kier molecular flexibility index (Phi) is 6.24. The third-order valence-corrected chi connectivity index (χ3v) is 5.26. The number of carbonyl (C=O) groups is 4. The molecule has 3 rings (SSSR count). The number of nitrogens with one attached hydrogen (secondary N) is 2. The molecule has 0 fully saturated rings. The van der Waals surface area contributed by atoms with E-state index in [0.29, 0.717) is 16.8 Å². The lowest BCUT2D eigenvalue weighted by Crippen LogP contribution is -2.31. The zero-order valence-electron chi connectivity index (χ0n) is 18.1. The van der Waals surface area contributed by atoms with Gasteiger partial charge >= 0.3 is 5.97 Å². The van der Waals surface area contributed by atoms with Crippen LogP contribution in [0, 0.1) is 0 Å². The molecule has 31 heavy (non-hydrogen) atoms. The zero-order valence-corrected chi connectivity index (χ0v) is 18.1. The van der Waals surface area contributed by atoms with Gasteiger partial charge in [-0.15, -0.1) is 0 Å². The molecule has 0 saturated heterocycles. The Morgan fingerprint density at radius 1 is 1.03 bits per heavy atom. The minimum Gasteiger partial charge on any atom is -0.456 e. The van der Waals surface area contributed by atoms with E-state index in [2.05, 4.69) is 31.4 Å². The van der Waals surface area contributed by atoms with Gasteiger partial charge < -0.3 is 15.4 Å². The van der Waals surface area contributed by atoms with Crippen molar-refractivity contribution in [2.45, 2.75) is 39.0 Å². The lowest BCUT2D eigenvalue weighted by atomic mass is 9.87. The second kappa shape index (κ2) is 8.71. The number of amides is 2. The van der Waals surface area contributed by atoms with Crippen LogP contribution in [0.5, 0.6) is 0 Å². The molecule has 0 unspecified atom stereocenters. The average molecular weight is 422 g/mol. The van der Waals surface area contributed by atoms with Crippen LogP contribution in [-0.4, -0.2) is 36.7 Å². The smallest absolute Gasteiger partial charge is 0.325 e. The summed E-state index contributed by atoms with van der Waals surface area (Å²) in [4.78, 5) is 48.2. The highest BCUT2D eigenvalue weighted by Gasteiger charge is 2.27. The molecule has 2 N–H and O–H groups in total. The number of ether oxygens (including phenoxy) is 1. The first-order valence-corrected chi connectivity index (χ1v) is 10.1. The van der Waals surface area contributed by atoms with Crippen molar-refractivity contribution in [3.63, 3.8) is 0 Å². The van der Waals surface area contributed by atoms with E-state index in [1.165, 1.54) is 0 Å². The quantitative estimate of drug-likeness (QED) is 0.550. The molecular weight excluding hydrogens is 396 g/mol. The maximum atomic E-state index is 12.3. The minimum absolute atomic E-state index is 0.0196. The number of ketones is 1. The molecule has 0 aliphatic carbocycles. The van der Waals surface area contributed by atoms with Gasteiger partial charge in [-0.05, 0) is 53.8 Å². The van der Waals surface area contributed by atoms with E-state index in [-0.39, 0.29) is 29.6 Å². The number of benzene rings is 2. The number of hydrogen-bond donors (Lipinski definition) is 2.